The molecule has 1 rings (SSSR count). The van der Waals surface area contributed by atoms with E-state index in [1.165, 1.54) is 4.90 Å². The number of amides is 3. The smallest absolute Gasteiger partial charge is 0.322 e. The normalized spacial score (nSPS) is 9.67. The molecule has 98 valence electrons. The highest BCUT2D eigenvalue weighted by Gasteiger charge is 2.12. The maximum absolute atomic E-state index is 11.8. The van der Waals surface area contributed by atoms with Crippen LogP contribution in [0.5, 0.6) is 0 Å². The van der Waals surface area contributed by atoms with Crippen molar-refractivity contribution in [2.75, 3.05) is 31.2 Å². The standard InChI is InChI=1S/C12H18N4O2/c1-3-14-11(17)8-16(2)12(18)15-10-6-4-5-9(13)7-10/h4-7H,3,8,13H2,1-2H3,(H,14,17)(H,15,18). The second-order valence-electron chi connectivity index (χ2n) is 3.87. The number of benzene rings is 1. The molecule has 0 spiro atoms. The Labute approximate surface area is 106 Å². The Morgan fingerprint density at radius 1 is 1.39 bits per heavy atom. The molecule has 0 unspecified atom stereocenters. The molecule has 0 atom stereocenters. The Morgan fingerprint density at radius 2 is 2.11 bits per heavy atom. The van der Waals surface area contributed by atoms with Gasteiger partial charge in [-0.25, -0.2) is 4.79 Å². The van der Waals surface area contributed by atoms with Crippen LogP contribution in [0.2, 0.25) is 0 Å². The Kier molecular flexibility index (Phi) is 4.98. The number of nitrogen functional groups attached to an aromatic ring is 1. The minimum Gasteiger partial charge on any atom is -0.399 e. The van der Waals surface area contributed by atoms with E-state index in [1.54, 1.807) is 31.3 Å². The summed E-state index contributed by atoms with van der Waals surface area (Å²) in [6.07, 6.45) is 0. The van der Waals surface area contributed by atoms with Crippen LogP contribution in [0, 0.1) is 0 Å². The Hall–Kier alpha value is -2.24. The first kappa shape index (κ1) is 13.8. The van der Waals surface area contributed by atoms with Gasteiger partial charge < -0.3 is 21.3 Å². The van der Waals surface area contributed by atoms with Gasteiger partial charge in [0, 0.05) is 25.0 Å². The van der Waals surface area contributed by atoms with E-state index < -0.39 is 0 Å². The number of nitrogens with one attached hydrogen (secondary N) is 2. The second kappa shape index (κ2) is 6.48. The van der Waals surface area contributed by atoms with Gasteiger partial charge in [-0.1, -0.05) is 6.07 Å². The van der Waals surface area contributed by atoms with Crippen LogP contribution in [0.4, 0.5) is 16.2 Å². The summed E-state index contributed by atoms with van der Waals surface area (Å²) < 4.78 is 0. The molecular formula is C12H18N4O2. The summed E-state index contributed by atoms with van der Waals surface area (Å²) in [6.45, 7) is 2.39. The van der Waals surface area contributed by atoms with Gasteiger partial charge in [-0.05, 0) is 25.1 Å². The van der Waals surface area contributed by atoms with Gasteiger partial charge in [-0.3, -0.25) is 4.79 Å². The number of anilines is 2. The average molecular weight is 250 g/mol. The first-order valence-electron chi connectivity index (χ1n) is 5.67. The van der Waals surface area contributed by atoms with E-state index >= 15 is 0 Å². The van der Waals surface area contributed by atoms with Crippen molar-refractivity contribution < 1.29 is 9.59 Å². The van der Waals surface area contributed by atoms with E-state index in [0.29, 0.717) is 17.9 Å². The zero-order chi connectivity index (χ0) is 13.5. The van der Waals surface area contributed by atoms with Crippen LogP contribution in [-0.2, 0) is 4.79 Å². The van der Waals surface area contributed by atoms with Crippen molar-refractivity contribution in [3.8, 4) is 0 Å². The molecule has 3 amide bonds. The molecule has 0 heterocycles. The SMILES string of the molecule is CCNC(=O)CN(C)C(=O)Nc1cccc(N)c1. The van der Waals surface area contributed by atoms with E-state index in [2.05, 4.69) is 10.6 Å². The van der Waals surface area contributed by atoms with Crippen molar-refractivity contribution in [1.82, 2.24) is 10.2 Å². The summed E-state index contributed by atoms with van der Waals surface area (Å²) in [5, 5.41) is 5.28. The number of hydrogen-bond donors (Lipinski definition) is 3. The minimum atomic E-state index is -0.355. The fourth-order valence-electron chi connectivity index (χ4n) is 1.38. The summed E-state index contributed by atoms with van der Waals surface area (Å²) >= 11 is 0. The molecule has 6 heteroatoms. The predicted molar refractivity (Wildman–Crippen MR) is 71.2 cm³/mol. The molecule has 0 radical (unpaired) electrons. The van der Waals surface area contributed by atoms with Gasteiger partial charge in [-0.2, -0.15) is 0 Å². The van der Waals surface area contributed by atoms with Gasteiger partial charge in [0.2, 0.25) is 5.91 Å². The fraction of sp³-hybridized carbons (Fsp3) is 0.333. The zero-order valence-corrected chi connectivity index (χ0v) is 10.6. The Morgan fingerprint density at radius 3 is 2.72 bits per heavy atom. The third-order valence-corrected chi connectivity index (χ3v) is 2.24. The number of nitrogens with zero attached hydrogens (tertiary/aromatic N) is 1. The molecule has 0 fully saturated rings. The van der Waals surface area contributed by atoms with Crippen LogP contribution in [0.15, 0.2) is 24.3 Å². The van der Waals surface area contributed by atoms with Gasteiger partial charge in [0.25, 0.3) is 0 Å². The quantitative estimate of drug-likeness (QED) is 0.693. The molecule has 0 bridgehead atoms. The highest BCUT2D eigenvalue weighted by Crippen LogP contribution is 2.12. The molecule has 4 N–H and O–H groups in total. The molecule has 1 aromatic carbocycles. The van der Waals surface area contributed by atoms with Gasteiger partial charge in [0.15, 0.2) is 0 Å². The molecule has 0 aliphatic carbocycles. The van der Waals surface area contributed by atoms with Crippen LogP contribution in [0.3, 0.4) is 0 Å². The molecule has 0 saturated heterocycles. The van der Waals surface area contributed by atoms with Crippen LogP contribution >= 0.6 is 0 Å². The van der Waals surface area contributed by atoms with Crippen molar-refractivity contribution in [2.24, 2.45) is 0 Å². The van der Waals surface area contributed by atoms with E-state index in [4.69, 9.17) is 5.73 Å². The number of nitrogens with two attached hydrogens (primary N) is 1. The second-order valence-corrected chi connectivity index (χ2v) is 3.87. The van der Waals surface area contributed by atoms with Gasteiger partial charge >= 0.3 is 6.03 Å². The number of rotatable bonds is 4. The number of likely N-dealkylation sites (N-methyl/N-ethyl adjacent to an activating group) is 2. The lowest BCUT2D eigenvalue weighted by Gasteiger charge is -2.17. The highest BCUT2D eigenvalue weighted by molar-refractivity contribution is 5.92. The van der Waals surface area contributed by atoms with Gasteiger partial charge in [0.1, 0.15) is 6.54 Å². The number of carbonyl (C=O) groups excluding carboxylic acids is 2. The molecule has 1 aromatic rings. The van der Waals surface area contributed by atoms with Crippen LogP contribution in [-0.4, -0.2) is 37.0 Å². The summed E-state index contributed by atoms with van der Waals surface area (Å²) in [7, 11) is 1.55. The summed E-state index contributed by atoms with van der Waals surface area (Å²) in [4.78, 5) is 24.4. The first-order chi connectivity index (χ1) is 8.52. The molecule has 0 aromatic heterocycles. The third kappa shape index (κ3) is 4.32. The maximum atomic E-state index is 11.8. The summed E-state index contributed by atoms with van der Waals surface area (Å²) in [5.41, 5.74) is 6.77. The van der Waals surface area contributed by atoms with E-state index in [-0.39, 0.29) is 18.5 Å². The number of urea groups is 1. The molecule has 0 saturated carbocycles. The molecule has 0 aliphatic rings. The lowest BCUT2D eigenvalue weighted by atomic mass is 10.3. The lowest BCUT2D eigenvalue weighted by molar-refractivity contribution is -0.121. The third-order valence-electron chi connectivity index (χ3n) is 2.24. The lowest BCUT2D eigenvalue weighted by Crippen LogP contribution is -2.40. The van der Waals surface area contributed by atoms with Crippen molar-refractivity contribution >= 4 is 23.3 Å². The van der Waals surface area contributed by atoms with Gasteiger partial charge in [0.05, 0.1) is 0 Å². The van der Waals surface area contributed by atoms with E-state index in [1.807, 2.05) is 6.92 Å². The van der Waals surface area contributed by atoms with E-state index in [9.17, 15) is 9.59 Å². The highest BCUT2D eigenvalue weighted by atomic mass is 16.2. The largest absolute Gasteiger partial charge is 0.399 e. The number of hydrogen-bond acceptors (Lipinski definition) is 3. The van der Waals surface area contributed by atoms with Crippen molar-refractivity contribution in [2.45, 2.75) is 6.92 Å². The minimum absolute atomic E-state index is 0.0159. The predicted octanol–water partition coefficient (Wildman–Crippen LogP) is 0.869. The molecule has 0 aliphatic heterocycles. The Balaban J connectivity index is 2.52. The average Bonchev–Trinajstić information content (AvgIpc) is 2.29. The fourth-order valence-corrected chi connectivity index (χ4v) is 1.38. The zero-order valence-electron chi connectivity index (χ0n) is 10.6. The topological polar surface area (TPSA) is 87.5 Å². The van der Waals surface area contributed by atoms with Crippen molar-refractivity contribution in [3.63, 3.8) is 0 Å². The molecular weight excluding hydrogens is 232 g/mol. The van der Waals surface area contributed by atoms with E-state index in [0.717, 1.165) is 0 Å². The van der Waals surface area contributed by atoms with Crippen LogP contribution < -0.4 is 16.4 Å². The molecule has 18 heavy (non-hydrogen) atoms. The Bertz CT molecular complexity index is 434. The maximum Gasteiger partial charge on any atom is 0.322 e. The van der Waals surface area contributed by atoms with Crippen LogP contribution in [0.1, 0.15) is 6.92 Å². The van der Waals surface area contributed by atoms with Crippen LogP contribution in [0.25, 0.3) is 0 Å². The first-order valence-corrected chi connectivity index (χ1v) is 5.67. The number of carbonyl (C=O) groups is 2. The van der Waals surface area contributed by atoms with Gasteiger partial charge in [-0.15, -0.1) is 0 Å². The summed E-state index contributed by atoms with van der Waals surface area (Å²) in [6, 6.07) is 6.50. The van der Waals surface area contributed by atoms with Crippen molar-refractivity contribution in [1.29, 1.82) is 0 Å². The monoisotopic (exact) mass is 250 g/mol. The summed E-state index contributed by atoms with van der Waals surface area (Å²) in [5.74, 6) is -0.192. The molecule has 6 nitrogen and oxygen atoms in total. The van der Waals surface area contributed by atoms with Crippen molar-refractivity contribution in [3.05, 3.63) is 24.3 Å².